The van der Waals surface area contributed by atoms with Gasteiger partial charge in [-0.3, -0.25) is 19.5 Å². The minimum absolute atomic E-state index is 0.133. The van der Waals surface area contributed by atoms with Crippen LogP contribution in [0.4, 0.5) is 20.6 Å². The number of nitrogens with zero attached hydrogens (tertiary/aromatic N) is 3. The number of ether oxygens (including phenoxy) is 1. The van der Waals surface area contributed by atoms with Gasteiger partial charge in [0.2, 0.25) is 5.91 Å². The average Bonchev–Trinajstić information content (AvgIpc) is 3.15. The number of anilines is 2. The zero-order valence-corrected chi connectivity index (χ0v) is 18.1. The average molecular weight is 439 g/mol. The third-order valence-electron chi connectivity index (χ3n) is 4.93. The van der Waals surface area contributed by atoms with Crippen molar-refractivity contribution in [2.24, 2.45) is 0 Å². The van der Waals surface area contributed by atoms with E-state index in [4.69, 9.17) is 9.84 Å². The number of hydrazine groups is 1. The molecule has 0 aromatic heterocycles. The molecular weight excluding hydrogens is 409 g/mol. The number of carbonyl (C=O) groups is 3. The number of benzene rings is 1. The highest BCUT2D eigenvalue weighted by Crippen LogP contribution is 2.27. The molecule has 0 aliphatic carbocycles. The Morgan fingerprint density at radius 1 is 1.35 bits per heavy atom. The number of aliphatic hydroxyl groups excluding tert-OH is 1. The van der Waals surface area contributed by atoms with Crippen LogP contribution in [0.1, 0.15) is 20.3 Å². The molecule has 1 aromatic carbocycles. The van der Waals surface area contributed by atoms with E-state index in [0.29, 0.717) is 37.4 Å². The summed E-state index contributed by atoms with van der Waals surface area (Å²) in [5.74, 6) is -1.09. The summed E-state index contributed by atoms with van der Waals surface area (Å²) in [6.45, 7) is 4.75. The number of cyclic esters (lactones) is 1. The Morgan fingerprint density at radius 3 is 2.71 bits per heavy atom. The van der Waals surface area contributed by atoms with E-state index in [2.05, 4.69) is 10.7 Å². The number of aliphatic hydroxyl groups is 1. The summed E-state index contributed by atoms with van der Waals surface area (Å²) in [4.78, 5) is 38.0. The summed E-state index contributed by atoms with van der Waals surface area (Å²) < 4.78 is 20.1. The second-order valence-electron chi connectivity index (χ2n) is 7.01. The van der Waals surface area contributed by atoms with Crippen LogP contribution in [-0.4, -0.2) is 80.5 Å². The summed E-state index contributed by atoms with van der Waals surface area (Å²) in [5.41, 5.74) is 3.58. The fourth-order valence-corrected chi connectivity index (χ4v) is 3.11. The maximum absolute atomic E-state index is 14.8. The number of nitrogens with one attached hydrogen (secondary N) is 2. The Morgan fingerprint density at radius 2 is 2.10 bits per heavy atom. The van der Waals surface area contributed by atoms with Crippen molar-refractivity contribution in [3.8, 4) is 0 Å². The quantitative estimate of drug-likeness (QED) is 0.429. The molecule has 0 radical (unpaired) electrons. The Bertz CT molecular complexity index is 793. The fraction of sp³-hybridized carbons (Fsp3) is 0.550. The van der Waals surface area contributed by atoms with Crippen LogP contribution in [0.2, 0.25) is 0 Å². The normalized spacial score (nSPS) is 15.6. The number of likely N-dealkylation sites (N-methyl/N-ethyl adjacent to an activating group) is 2. The van der Waals surface area contributed by atoms with Crippen molar-refractivity contribution in [3.63, 3.8) is 0 Å². The highest BCUT2D eigenvalue weighted by atomic mass is 19.1. The molecule has 0 unspecified atom stereocenters. The molecule has 31 heavy (non-hydrogen) atoms. The number of halogens is 1. The van der Waals surface area contributed by atoms with Crippen LogP contribution in [0.5, 0.6) is 0 Å². The van der Waals surface area contributed by atoms with E-state index in [0.717, 1.165) is 0 Å². The number of rotatable bonds is 11. The van der Waals surface area contributed by atoms with Crippen molar-refractivity contribution in [2.75, 3.05) is 56.2 Å². The molecule has 3 amide bonds. The Kier molecular flexibility index (Phi) is 9.01. The van der Waals surface area contributed by atoms with Gasteiger partial charge in [-0.2, -0.15) is 0 Å². The summed E-state index contributed by atoms with van der Waals surface area (Å²) in [6.07, 6.45) is -0.743. The van der Waals surface area contributed by atoms with Crippen LogP contribution in [0.25, 0.3) is 0 Å². The zero-order chi connectivity index (χ0) is 23.0. The lowest BCUT2D eigenvalue weighted by molar-refractivity contribution is -0.135. The molecule has 0 saturated carbocycles. The van der Waals surface area contributed by atoms with Gasteiger partial charge in [-0.05, 0) is 25.1 Å². The van der Waals surface area contributed by atoms with Gasteiger partial charge in [-0.1, -0.05) is 6.92 Å². The van der Waals surface area contributed by atoms with Gasteiger partial charge in [0, 0.05) is 33.1 Å². The molecule has 11 heteroatoms. The number of hydrogen-bond donors (Lipinski definition) is 3. The second kappa shape index (κ2) is 11.5. The van der Waals surface area contributed by atoms with E-state index in [9.17, 15) is 18.8 Å². The minimum atomic E-state index is -0.595. The van der Waals surface area contributed by atoms with Gasteiger partial charge in [0.05, 0.1) is 24.5 Å². The summed E-state index contributed by atoms with van der Waals surface area (Å²) in [6, 6.07) is 4.52. The van der Waals surface area contributed by atoms with Crippen LogP contribution in [0, 0.1) is 5.82 Å². The van der Waals surface area contributed by atoms with E-state index in [1.165, 1.54) is 23.0 Å². The molecule has 0 spiro atoms. The van der Waals surface area contributed by atoms with Crippen molar-refractivity contribution in [2.45, 2.75) is 26.4 Å². The Hall–Kier alpha value is -2.92. The molecule has 1 atom stereocenters. The van der Waals surface area contributed by atoms with Crippen LogP contribution in [0.3, 0.4) is 0 Å². The highest BCUT2D eigenvalue weighted by molar-refractivity contribution is 5.90. The zero-order valence-electron chi connectivity index (χ0n) is 18.1. The molecule has 1 aliphatic heterocycles. The third kappa shape index (κ3) is 6.53. The monoisotopic (exact) mass is 439 g/mol. The lowest BCUT2D eigenvalue weighted by Gasteiger charge is -2.26. The molecule has 1 fully saturated rings. The number of carbonyl (C=O) groups excluding carboxylic acids is 3. The van der Waals surface area contributed by atoms with Gasteiger partial charge in [0.25, 0.3) is 5.91 Å². The molecule has 2 rings (SSSR count). The van der Waals surface area contributed by atoms with Crippen LogP contribution < -0.4 is 20.5 Å². The van der Waals surface area contributed by atoms with Crippen LogP contribution in [0.15, 0.2) is 18.2 Å². The molecule has 172 valence electrons. The lowest BCUT2D eigenvalue weighted by Crippen LogP contribution is -2.44. The van der Waals surface area contributed by atoms with Crippen molar-refractivity contribution in [3.05, 3.63) is 24.0 Å². The van der Waals surface area contributed by atoms with Gasteiger partial charge in [0.1, 0.15) is 18.5 Å². The van der Waals surface area contributed by atoms with Crippen LogP contribution in [-0.2, 0) is 14.3 Å². The molecule has 1 heterocycles. The van der Waals surface area contributed by atoms with Gasteiger partial charge >= 0.3 is 6.09 Å². The third-order valence-corrected chi connectivity index (χ3v) is 4.93. The van der Waals surface area contributed by atoms with Crippen molar-refractivity contribution < 1.29 is 28.6 Å². The molecular formula is C20H30FN5O5. The minimum Gasteiger partial charge on any atom is -0.442 e. The van der Waals surface area contributed by atoms with Crippen molar-refractivity contribution in [1.82, 2.24) is 15.8 Å². The van der Waals surface area contributed by atoms with E-state index in [-0.39, 0.29) is 19.0 Å². The lowest BCUT2D eigenvalue weighted by atomic mass is 10.2. The number of hydrogen-bond acceptors (Lipinski definition) is 7. The first-order valence-corrected chi connectivity index (χ1v) is 10.2. The second-order valence-corrected chi connectivity index (χ2v) is 7.01. The van der Waals surface area contributed by atoms with E-state index >= 15 is 0 Å². The van der Waals surface area contributed by atoms with Gasteiger partial charge in [0.15, 0.2) is 0 Å². The molecule has 1 saturated heterocycles. The maximum atomic E-state index is 14.8. The van der Waals surface area contributed by atoms with Gasteiger partial charge < -0.3 is 20.1 Å². The van der Waals surface area contributed by atoms with E-state index < -0.39 is 30.5 Å². The number of amides is 3. The van der Waals surface area contributed by atoms with Gasteiger partial charge in [-0.25, -0.2) is 14.6 Å². The Balaban J connectivity index is 1.99. The molecule has 1 aromatic rings. The molecule has 0 bridgehead atoms. The maximum Gasteiger partial charge on any atom is 0.414 e. The van der Waals surface area contributed by atoms with Crippen LogP contribution >= 0.6 is 0 Å². The predicted octanol–water partition coefficient (Wildman–Crippen LogP) is 0.459. The SMILES string of the molecule is CCC(=O)NC[C@H]1CN(c2ccc(N(CC)CCNN(C)C(=O)CO)c(F)c2)C(=O)O1. The predicted molar refractivity (Wildman–Crippen MR) is 113 cm³/mol. The highest BCUT2D eigenvalue weighted by Gasteiger charge is 2.33. The first-order chi connectivity index (χ1) is 14.8. The van der Waals surface area contributed by atoms with E-state index in [1.54, 1.807) is 24.0 Å². The summed E-state index contributed by atoms with van der Waals surface area (Å²) in [7, 11) is 1.50. The Labute approximate surface area is 180 Å². The van der Waals surface area contributed by atoms with Gasteiger partial charge in [-0.15, -0.1) is 0 Å². The molecule has 3 N–H and O–H groups in total. The fourth-order valence-electron chi connectivity index (χ4n) is 3.11. The first-order valence-electron chi connectivity index (χ1n) is 10.2. The smallest absolute Gasteiger partial charge is 0.414 e. The van der Waals surface area contributed by atoms with Crippen molar-refractivity contribution in [1.29, 1.82) is 0 Å². The largest absolute Gasteiger partial charge is 0.442 e. The van der Waals surface area contributed by atoms with E-state index in [1.807, 2.05) is 6.92 Å². The molecule has 1 aliphatic rings. The summed E-state index contributed by atoms with van der Waals surface area (Å²) in [5, 5.41) is 12.7. The topological polar surface area (TPSA) is 114 Å². The standard InChI is InChI=1S/C20H30FN5O5/c1-4-18(28)22-11-15-12-26(20(30)31-15)14-6-7-17(16(21)10-14)25(5-2)9-8-23-24(3)19(29)13-27/h6-7,10,15,23,27H,4-5,8-9,11-13H2,1-3H3,(H,22,28)/t15-/m0/s1. The summed E-state index contributed by atoms with van der Waals surface area (Å²) >= 11 is 0. The first kappa shape index (κ1) is 24.4. The molecule has 10 nitrogen and oxygen atoms in total. The van der Waals surface area contributed by atoms with Crippen molar-refractivity contribution >= 4 is 29.3 Å².